The van der Waals surface area contributed by atoms with Gasteiger partial charge < -0.3 is 10.1 Å². The lowest BCUT2D eigenvalue weighted by atomic mass is 10.00. The summed E-state index contributed by atoms with van der Waals surface area (Å²) in [6, 6.07) is -0.115. The number of methoxy groups -OCH3 is 1. The molecule has 5 heteroatoms. The average Bonchev–Trinajstić information content (AvgIpc) is 3.08. The Kier molecular flexibility index (Phi) is 3.35. The summed E-state index contributed by atoms with van der Waals surface area (Å²) >= 11 is 0. The Bertz CT molecular complexity index is 374. The molecule has 2 saturated heterocycles. The van der Waals surface area contributed by atoms with E-state index in [-0.39, 0.29) is 35.8 Å². The van der Waals surface area contributed by atoms with Gasteiger partial charge in [0.2, 0.25) is 11.8 Å². The predicted octanol–water partition coefficient (Wildman–Crippen LogP) is 0.394. The third kappa shape index (κ3) is 1.91. The van der Waals surface area contributed by atoms with Gasteiger partial charge in [0.1, 0.15) is 0 Å². The van der Waals surface area contributed by atoms with E-state index in [1.807, 2.05) is 0 Å². The van der Waals surface area contributed by atoms with Crippen LogP contribution in [0.1, 0.15) is 26.2 Å². The van der Waals surface area contributed by atoms with Crippen LogP contribution in [0.25, 0.3) is 0 Å². The molecule has 4 atom stereocenters. The van der Waals surface area contributed by atoms with Crippen molar-refractivity contribution in [3.8, 4) is 0 Å². The van der Waals surface area contributed by atoms with Crippen molar-refractivity contribution < 1.29 is 14.3 Å². The summed E-state index contributed by atoms with van der Waals surface area (Å²) in [4.78, 5) is 26.6. The SMILES string of the molecule is CCC1CC2C(=O)N(C3CNC[C@@H]3OC)C(=O)C2C1. The van der Waals surface area contributed by atoms with Crippen molar-refractivity contribution >= 4 is 11.8 Å². The summed E-state index contributed by atoms with van der Waals surface area (Å²) in [7, 11) is 1.64. The third-order valence-electron chi connectivity index (χ3n) is 5.11. The van der Waals surface area contributed by atoms with E-state index in [4.69, 9.17) is 4.74 Å². The van der Waals surface area contributed by atoms with E-state index in [1.165, 1.54) is 4.90 Å². The van der Waals surface area contributed by atoms with Crippen molar-refractivity contribution in [2.75, 3.05) is 20.2 Å². The van der Waals surface area contributed by atoms with Gasteiger partial charge in [0.25, 0.3) is 0 Å². The molecule has 2 aliphatic heterocycles. The normalized spacial score (nSPS) is 42.2. The first-order chi connectivity index (χ1) is 9.17. The van der Waals surface area contributed by atoms with Gasteiger partial charge in [0, 0.05) is 20.2 Å². The number of fused-ring (bicyclic) bond motifs is 1. The first-order valence-electron chi connectivity index (χ1n) is 7.27. The maximum atomic E-state index is 12.5. The number of carbonyl (C=O) groups is 2. The first-order valence-corrected chi connectivity index (χ1v) is 7.27. The number of likely N-dealkylation sites (tertiary alicyclic amines) is 1. The predicted molar refractivity (Wildman–Crippen MR) is 69.3 cm³/mol. The highest BCUT2D eigenvalue weighted by molar-refractivity contribution is 6.06. The number of imide groups is 1. The molecule has 1 aliphatic carbocycles. The fourth-order valence-electron chi connectivity index (χ4n) is 3.95. The first kappa shape index (κ1) is 13.1. The zero-order valence-electron chi connectivity index (χ0n) is 11.6. The Hall–Kier alpha value is -0.940. The van der Waals surface area contributed by atoms with E-state index in [1.54, 1.807) is 7.11 Å². The standard InChI is InChI=1S/C14H22N2O3/c1-3-8-4-9-10(5-8)14(18)16(13(9)17)11-6-15-7-12(11)19-2/h8-12,15H,3-7H2,1-2H3/t8?,9?,10?,11?,12-/m0/s1. The smallest absolute Gasteiger partial charge is 0.233 e. The minimum Gasteiger partial charge on any atom is -0.378 e. The van der Waals surface area contributed by atoms with Gasteiger partial charge in [-0.2, -0.15) is 0 Å². The monoisotopic (exact) mass is 266 g/mol. The molecule has 19 heavy (non-hydrogen) atoms. The molecule has 0 spiro atoms. The van der Waals surface area contributed by atoms with E-state index < -0.39 is 0 Å². The number of ether oxygens (including phenoxy) is 1. The zero-order chi connectivity index (χ0) is 13.6. The molecule has 1 N–H and O–H groups in total. The van der Waals surface area contributed by atoms with E-state index >= 15 is 0 Å². The largest absolute Gasteiger partial charge is 0.378 e. The summed E-state index contributed by atoms with van der Waals surface area (Å²) in [5.41, 5.74) is 0. The lowest BCUT2D eigenvalue weighted by Gasteiger charge is -2.27. The zero-order valence-corrected chi connectivity index (χ0v) is 11.6. The maximum Gasteiger partial charge on any atom is 0.233 e. The van der Waals surface area contributed by atoms with Gasteiger partial charge >= 0.3 is 0 Å². The van der Waals surface area contributed by atoms with Crippen molar-refractivity contribution in [1.82, 2.24) is 10.2 Å². The summed E-state index contributed by atoms with van der Waals surface area (Å²) in [5, 5.41) is 3.21. The van der Waals surface area contributed by atoms with Gasteiger partial charge in [-0.05, 0) is 18.8 Å². The fourth-order valence-corrected chi connectivity index (χ4v) is 3.95. The fraction of sp³-hybridized carbons (Fsp3) is 0.857. The Balaban J connectivity index is 1.79. The molecule has 2 heterocycles. The number of nitrogens with zero attached hydrogens (tertiary/aromatic N) is 1. The Morgan fingerprint density at radius 3 is 2.37 bits per heavy atom. The molecule has 1 saturated carbocycles. The lowest BCUT2D eigenvalue weighted by molar-refractivity contribution is -0.145. The lowest BCUT2D eigenvalue weighted by Crippen LogP contribution is -2.48. The average molecular weight is 266 g/mol. The molecule has 0 bridgehead atoms. The number of amides is 2. The molecule has 3 rings (SSSR count). The van der Waals surface area contributed by atoms with Gasteiger partial charge in [-0.25, -0.2) is 0 Å². The van der Waals surface area contributed by atoms with Crippen LogP contribution in [0.5, 0.6) is 0 Å². The van der Waals surface area contributed by atoms with Crippen LogP contribution in [0.4, 0.5) is 0 Å². The summed E-state index contributed by atoms with van der Waals surface area (Å²) in [6.45, 7) is 3.51. The van der Waals surface area contributed by atoms with E-state index in [0.717, 1.165) is 19.3 Å². The summed E-state index contributed by atoms with van der Waals surface area (Å²) in [6.07, 6.45) is 2.79. The van der Waals surface area contributed by atoms with E-state index in [2.05, 4.69) is 12.2 Å². The van der Waals surface area contributed by atoms with E-state index in [0.29, 0.717) is 19.0 Å². The minimum atomic E-state index is -0.115. The molecule has 106 valence electrons. The number of nitrogens with one attached hydrogen (secondary N) is 1. The van der Waals surface area contributed by atoms with Crippen molar-refractivity contribution in [3.05, 3.63) is 0 Å². The van der Waals surface area contributed by atoms with Crippen LogP contribution in [0, 0.1) is 17.8 Å². The molecular formula is C14H22N2O3. The van der Waals surface area contributed by atoms with Crippen LogP contribution in [0.2, 0.25) is 0 Å². The van der Waals surface area contributed by atoms with Crippen LogP contribution in [-0.4, -0.2) is 49.1 Å². The van der Waals surface area contributed by atoms with Gasteiger partial charge in [-0.15, -0.1) is 0 Å². The second-order valence-electron chi connectivity index (χ2n) is 6.00. The topological polar surface area (TPSA) is 58.6 Å². The molecule has 0 aromatic carbocycles. The van der Waals surface area contributed by atoms with Crippen LogP contribution < -0.4 is 5.32 Å². The molecule has 2 amide bonds. The van der Waals surface area contributed by atoms with Crippen LogP contribution in [-0.2, 0) is 14.3 Å². The van der Waals surface area contributed by atoms with Crippen molar-refractivity contribution in [1.29, 1.82) is 0 Å². The highest BCUT2D eigenvalue weighted by atomic mass is 16.5. The Morgan fingerprint density at radius 1 is 1.21 bits per heavy atom. The third-order valence-corrected chi connectivity index (χ3v) is 5.11. The highest BCUT2D eigenvalue weighted by Gasteiger charge is 2.55. The number of carbonyl (C=O) groups excluding carboxylic acids is 2. The molecule has 3 aliphatic rings. The molecule has 0 radical (unpaired) electrons. The second-order valence-corrected chi connectivity index (χ2v) is 6.00. The molecule has 0 aromatic rings. The number of rotatable bonds is 3. The molecular weight excluding hydrogens is 244 g/mol. The number of hydrogen-bond acceptors (Lipinski definition) is 4. The Labute approximate surface area is 113 Å². The minimum absolute atomic E-state index is 0.0432. The van der Waals surface area contributed by atoms with Crippen molar-refractivity contribution in [2.24, 2.45) is 17.8 Å². The summed E-state index contributed by atoms with van der Waals surface area (Å²) < 4.78 is 5.39. The summed E-state index contributed by atoms with van der Waals surface area (Å²) in [5.74, 6) is 0.513. The molecule has 3 fully saturated rings. The highest BCUT2D eigenvalue weighted by Crippen LogP contribution is 2.45. The quantitative estimate of drug-likeness (QED) is 0.751. The van der Waals surface area contributed by atoms with Crippen LogP contribution >= 0.6 is 0 Å². The van der Waals surface area contributed by atoms with Crippen LogP contribution in [0.15, 0.2) is 0 Å². The van der Waals surface area contributed by atoms with E-state index in [9.17, 15) is 9.59 Å². The molecule has 3 unspecified atom stereocenters. The van der Waals surface area contributed by atoms with Crippen molar-refractivity contribution in [3.63, 3.8) is 0 Å². The van der Waals surface area contributed by atoms with Gasteiger partial charge in [0.05, 0.1) is 24.0 Å². The Morgan fingerprint density at radius 2 is 1.84 bits per heavy atom. The molecule has 5 nitrogen and oxygen atoms in total. The number of hydrogen-bond donors (Lipinski definition) is 1. The second kappa shape index (κ2) is 4.87. The van der Waals surface area contributed by atoms with Gasteiger partial charge in [-0.1, -0.05) is 13.3 Å². The van der Waals surface area contributed by atoms with Crippen LogP contribution in [0.3, 0.4) is 0 Å². The van der Waals surface area contributed by atoms with Gasteiger partial charge in [0.15, 0.2) is 0 Å². The van der Waals surface area contributed by atoms with Gasteiger partial charge in [-0.3, -0.25) is 14.5 Å². The molecule has 0 aromatic heterocycles. The maximum absolute atomic E-state index is 12.5. The van der Waals surface area contributed by atoms with Crippen molar-refractivity contribution in [2.45, 2.75) is 38.3 Å².